The third-order valence-corrected chi connectivity index (χ3v) is 6.19. The topological polar surface area (TPSA) is 133 Å². The molecule has 11 nitrogen and oxygen atoms in total. The third-order valence-electron chi connectivity index (χ3n) is 4.95. The molecule has 0 spiro atoms. The summed E-state index contributed by atoms with van der Waals surface area (Å²) in [4.78, 5) is 30.9. The van der Waals surface area contributed by atoms with E-state index in [4.69, 9.17) is 0 Å². The summed E-state index contributed by atoms with van der Waals surface area (Å²) in [6.07, 6.45) is -3.26. The number of hydrogen-bond donors (Lipinski definition) is 2. The van der Waals surface area contributed by atoms with E-state index in [1.807, 2.05) is 0 Å². The number of halogens is 5. The minimum atomic E-state index is -4.75. The molecule has 1 aromatic carbocycles. The molecule has 3 aromatic heterocycles. The van der Waals surface area contributed by atoms with Crippen molar-refractivity contribution in [2.45, 2.75) is 19.6 Å². The highest BCUT2D eigenvalue weighted by atomic mass is 127. The second-order valence-corrected chi connectivity index (χ2v) is 9.66. The van der Waals surface area contributed by atoms with Gasteiger partial charge in [-0.1, -0.05) is 0 Å². The van der Waals surface area contributed by atoms with E-state index >= 15 is 0 Å². The van der Waals surface area contributed by atoms with Crippen molar-refractivity contribution in [2.24, 2.45) is 0 Å². The number of rotatable bonds is 6. The van der Waals surface area contributed by atoms with Gasteiger partial charge in [-0.25, -0.2) is 9.67 Å². The van der Waals surface area contributed by atoms with Crippen molar-refractivity contribution in [3.8, 4) is 5.82 Å². The number of nitrogens with zero attached hydrogens (tertiary/aromatic N) is 7. The van der Waals surface area contributed by atoms with E-state index in [1.165, 1.54) is 24.0 Å². The predicted molar refractivity (Wildman–Crippen MR) is 136 cm³/mol. The Hall–Kier alpha value is -3.41. The van der Waals surface area contributed by atoms with Crippen molar-refractivity contribution >= 4 is 56.0 Å². The van der Waals surface area contributed by atoms with Gasteiger partial charge in [-0.15, -0.1) is 10.2 Å². The average Bonchev–Trinajstić information content (AvgIpc) is 3.48. The van der Waals surface area contributed by atoms with E-state index in [-0.39, 0.29) is 29.3 Å². The van der Waals surface area contributed by atoms with Crippen LogP contribution in [0.3, 0.4) is 0 Å². The Balaban J connectivity index is 1.75. The largest absolute Gasteiger partial charge is 0.455 e. The van der Waals surface area contributed by atoms with Crippen LogP contribution in [0.15, 0.2) is 41.0 Å². The van der Waals surface area contributed by atoms with Gasteiger partial charge in [0.05, 0.1) is 21.4 Å². The van der Waals surface area contributed by atoms with Crippen LogP contribution in [0.1, 0.15) is 37.9 Å². The zero-order valence-corrected chi connectivity index (χ0v) is 22.8. The third kappa shape index (κ3) is 5.79. The summed E-state index contributed by atoms with van der Waals surface area (Å²) in [5.41, 5.74) is 1.38. The van der Waals surface area contributed by atoms with Gasteiger partial charge in [-0.2, -0.15) is 23.1 Å². The molecule has 0 aliphatic rings. The quantitative estimate of drug-likeness (QED) is 0.296. The summed E-state index contributed by atoms with van der Waals surface area (Å²) in [5.74, 6) is -2.16. The molecule has 0 radical (unpaired) electrons. The number of aromatic nitrogens is 7. The highest BCUT2D eigenvalue weighted by molar-refractivity contribution is 14.1. The van der Waals surface area contributed by atoms with Gasteiger partial charge in [-0.3, -0.25) is 9.59 Å². The molecule has 0 fully saturated rings. The highest BCUT2D eigenvalue weighted by Gasteiger charge is 2.37. The monoisotopic (exact) mass is 689 g/mol. The molecule has 3 heterocycles. The lowest BCUT2D eigenvalue weighted by Crippen LogP contribution is -2.24. The smallest absolute Gasteiger partial charge is 0.355 e. The number of anilines is 1. The molecular weight excluding hydrogens is 674 g/mol. The molecule has 0 aliphatic carbocycles. The standard InChI is InChI=1S/C21H16BrF3IN9O2/c1-10-6-11(26)7-13(18(36)27-2)16(10)29-19(37)15-8-12(9-34-32-20(30-33-34)21(23,24)25)31-35(15)17-14(22)4-3-5-28-17/h3-8H,9H2,1-2H3,(H,27,36)(H,29,37). The van der Waals surface area contributed by atoms with Crippen LogP contribution in [-0.2, 0) is 12.7 Å². The van der Waals surface area contributed by atoms with Crippen molar-refractivity contribution in [3.05, 3.63) is 72.9 Å². The maximum absolute atomic E-state index is 13.5. The Morgan fingerprint density at radius 1 is 1.16 bits per heavy atom. The van der Waals surface area contributed by atoms with Gasteiger partial charge in [0.15, 0.2) is 5.82 Å². The molecule has 2 amide bonds. The number of aryl methyl sites for hydroxylation is 1. The lowest BCUT2D eigenvalue weighted by atomic mass is 10.1. The van der Waals surface area contributed by atoms with E-state index in [1.54, 1.807) is 31.2 Å². The summed E-state index contributed by atoms with van der Waals surface area (Å²) in [6.45, 7) is 1.45. The van der Waals surface area contributed by atoms with E-state index in [2.05, 4.69) is 74.6 Å². The Morgan fingerprint density at radius 3 is 2.57 bits per heavy atom. The molecule has 0 atom stereocenters. The van der Waals surface area contributed by atoms with Gasteiger partial charge in [-0.05, 0) is 86.6 Å². The predicted octanol–water partition coefficient (Wildman–Crippen LogP) is 3.61. The number of alkyl halides is 3. The van der Waals surface area contributed by atoms with E-state index in [0.29, 0.717) is 15.7 Å². The first kappa shape index (κ1) is 26.6. The highest BCUT2D eigenvalue weighted by Crippen LogP contribution is 2.27. The van der Waals surface area contributed by atoms with Gasteiger partial charge in [0.2, 0.25) is 0 Å². The van der Waals surface area contributed by atoms with Crippen LogP contribution in [0, 0.1) is 10.5 Å². The fourth-order valence-corrected chi connectivity index (χ4v) is 4.53. The number of benzene rings is 1. The lowest BCUT2D eigenvalue weighted by molar-refractivity contribution is -0.145. The number of carbonyl (C=O) groups excluding carboxylic acids is 2. The van der Waals surface area contributed by atoms with Crippen LogP contribution in [0.5, 0.6) is 0 Å². The minimum absolute atomic E-state index is 0.00590. The summed E-state index contributed by atoms with van der Waals surface area (Å²) < 4.78 is 41.1. The van der Waals surface area contributed by atoms with E-state index in [9.17, 15) is 22.8 Å². The van der Waals surface area contributed by atoms with Crippen molar-refractivity contribution in [2.75, 3.05) is 12.4 Å². The Bertz CT molecular complexity index is 1500. The van der Waals surface area contributed by atoms with E-state index < -0.39 is 23.8 Å². The second-order valence-electron chi connectivity index (χ2n) is 7.56. The zero-order chi connectivity index (χ0) is 26.9. The van der Waals surface area contributed by atoms with Gasteiger partial charge in [0, 0.05) is 16.8 Å². The van der Waals surface area contributed by atoms with Gasteiger partial charge < -0.3 is 10.6 Å². The molecule has 192 valence electrons. The van der Waals surface area contributed by atoms with E-state index in [0.717, 1.165) is 8.37 Å². The van der Waals surface area contributed by atoms with Crippen LogP contribution < -0.4 is 10.6 Å². The fourth-order valence-electron chi connectivity index (χ4n) is 3.33. The number of amides is 2. The van der Waals surface area contributed by atoms with Crippen LogP contribution >= 0.6 is 38.5 Å². The lowest BCUT2D eigenvalue weighted by Gasteiger charge is -2.14. The van der Waals surface area contributed by atoms with Gasteiger partial charge >= 0.3 is 6.18 Å². The molecule has 16 heteroatoms. The average molecular weight is 690 g/mol. The first-order valence-electron chi connectivity index (χ1n) is 10.4. The maximum atomic E-state index is 13.5. The first-order valence-corrected chi connectivity index (χ1v) is 12.2. The maximum Gasteiger partial charge on any atom is 0.455 e. The summed E-state index contributed by atoms with van der Waals surface area (Å²) >= 11 is 5.44. The zero-order valence-electron chi connectivity index (χ0n) is 19.0. The van der Waals surface area contributed by atoms with Crippen molar-refractivity contribution in [1.29, 1.82) is 0 Å². The molecule has 37 heavy (non-hydrogen) atoms. The normalized spacial score (nSPS) is 11.4. The molecule has 0 aliphatic heterocycles. The van der Waals surface area contributed by atoms with Gasteiger partial charge in [0.1, 0.15) is 12.2 Å². The first-order chi connectivity index (χ1) is 17.5. The molecule has 0 unspecified atom stereocenters. The number of tetrazole rings is 1. The van der Waals surface area contributed by atoms with Gasteiger partial charge in [0.25, 0.3) is 17.6 Å². The number of carbonyl (C=O) groups is 2. The van der Waals surface area contributed by atoms with Crippen molar-refractivity contribution in [1.82, 2.24) is 40.3 Å². The summed E-state index contributed by atoms with van der Waals surface area (Å²) in [5, 5.41) is 19.4. The molecule has 0 saturated carbocycles. The summed E-state index contributed by atoms with van der Waals surface area (Å²) in [6, 6.07) is 8.16. The molecule has 4 aromatic rings. The molecular formula is C21H16BrF3IN9O2. The number of nitrogens with one attached hydrogen (secondary N) is 2. The SMILES string of the molecule is CNC(=O)c1cc(I)cc(C)c1NC(=O)c1cc(Cn2nnc(C(F)(F)F)n2)nn1-c1ncccc1Br. The minimum Gasteiger partial charge on any atom is -0.355 e. The van der Waals surface area contributed by atoms with Crippen LogP contribution in [0.25, 0.3) is 5.82 Å². The van der Waals surface area contributed by atoms with Crippen LogP contribution in [0.4, 0.5) is 18.9 Å². The van der Waals surface area contributed by atoms with Crippen LogP contribution in [-0.4, -0.2) is 53.8 Å². The number of hydrogen-bond acceptors (Lipinski definition) is 7. The Morgan fingerprint density at radius 2 is 1.92 bits per heavy atom. The fraction of sp³-hybridized carbons (Fsp3) is 0.190. The molecule has 0 bridgehead atoms. The molecule has 2 N–H and O–H groups in total. The summed E-state index contributed by atoms with van der Waals surface area (Å²) in [7, 11) is 1.48. The Labute approximate surface area is 229 Å². The van der Waals surface area contributed by atoms with Crippen molar-refractivity contribution in [3.63, 3.8) is 0 Å². The number of pyridine rings is 1. The van der Waals surface area contributed by atoms with Crippen molar-refractivity contribution < 1.29 is 22.8 Å². The Kier molecular flexibility index (Phi) is 7.58. The van der Waals surface area contributed by atoms with Crippen LogP contribution in [0.2, 0.25) is 0 Å². The second kappa shape index (κ2) is 10.5. The molecule has 4 rings (SSSR count). The molecule has 0 saturated heterocycles.